The summed E-state index contributed by atoms with van der Waals surface area (Å²) in [4.78, 5) is 18.2. The Hall–Kier alpha value is -2.28. The van der Waals surface area contributed by atoms with Gasteiger partial charge in [-0.1, -0.05) is 0 Å². The van der Waals surface area contributed by atoms with Crippen LogP contribution in [0.25, 0.3) is 0 Å². The Morgan fingerprint density at radius 1 is 1.21 bits per heavy atom. The van der Waals surface area contributed by atoms with E-state index in [2.05, 4.69) is 10.3 Å². The van der Waals surface area contributed by atoms with Gasteiger partial charge in [-0.05, 0) is 19.3 Å². The molecule has 24 heavy (non-hydrogen) atoms. The zero-order valence-electron chi connectivity index (χ0n) is 13.9. The van der Waals surface area contributed by atoms with Gasteiger partial charge in [0.2, 0.25) is 11.7 Å². The molecule has 1 amide bonds. The molecule has 0 radical (unpaired) electrons. The van der Waals surface area contributed by atoms with Crippen LogP contribution in [0.5, 0.6) is 17.2 Å². The number of hydrogen-bond donors (Lipinski definition) is 1. The Morgan fingerprint density at radius 2 is 1.92 bits per heavy atom. The van der Waals surface area contributed by atoms with Crippen molar-refractivity contribution in [3.05, 3.63) is 28.2 Å². The zero-order valence-corrected chi connectivity index (χ0v) is 14.7. The van der Waals surface area contributed by atoms with E-state index in [-0.39, 0.29) is 11.8 Å². The fourth-order valence-electron chi connectivity index (χ4n) is 2.92. The van der Waals surface area contributed by atoms with E-state index in [0.29, 0.717) is 22.9 Å². The van der Waals surface area contributed by atoms with Gasteiger partial charge in [-0.15, -0.1) is 11.3 Å². The van der Waals surface area contributed by atoms with Crippen LogP contribution in [-0.2, 0) is 17.6 Å². The molecule has 1 heterocycles. The van der Waals surface area contributed by atoms with E-state index in [9.17, 15) is 4.79 Å². The van der Waals surface area contributed by atoms with Gasteiger partial charge < -0.3 is 19.5 Å². The normalized spacial score (nSPS) is 16.2. The molecule has 7 heteroatoms. The van der Waals surface area contributed by atoms with Crippen LogP contribution in [-0.4, -0.2) is 32.2 Å². The van der Waals surface area contributed by atoms with Crippen molar-refractivity contribution < 1.29 is 19.0 Å². The largest absolute Gasteiger partial charge is 0.493 e. The molecule has 2 aromatic rings. The SMILES string of the molecule is COc1cc(NC(=O)C2CCc3ncsc3C2)cc(OC)c1OC. The molecular weight excluding hydrogens is 328 g/mol. The maximum Gasteiger partial charge on any atom is 0.227 e. The molecule has 3 rings (SSSR count). The van der Waals surface area contributed by atoms with Crippen LogP contribution >= 0.6 is 11.3 Å². The van der Waals surface area contributed by atoms with Gasteiger partial charge >= 0.3 is 0 Å². The van der Waals surface area contributed by atoms with Crippen LogP contribution < -0.4 is 19.5 Å². The number of nitrogens with zero attached hydrogens (tertiary/aromatic N) is 1. The number of aromatic nitrogens is 1. The summed E-state index contributed by atoms with van der Waals surface area (Å²) >= 11 is 1.62. The second-order valence-electron chi connectivity index (χ2n) is 5.57. The van der Waals surface area contributed by atoms with Gasteiger partial charge in [0, 0.05) is 28.6 Å². The lowest BCUT2D eigenvalue weighted by molar-refractivity contribution is -0.120. The Kier molecular flexibility index (Phi) is 4.89. The average Bonchev–Trinajstić information content (AvgIpc) is 3.08. The number of ether oxygens (including phenoxy) is 3. The fourth-order valence-corrected chi connectivity index (χ4v) is 3.82. The van der Waals surface area contributed by atoms with Crippen LogP contribution in [0.4, 0.5) is 5.69 Å². The van der Waals surface area contributed by atoms with Gasteiger partial charge in [0.1, 0.15) is 0 Å². The molecule has 1 N–H and O–H groups in total. The summed E-state index contributed by atoms with van der Waals surface area (Å²) < 4.78 is 15.9. The Morgan fingerprint density at radius 3 is 2.54 bits per heavy atom. The molecule has 0 spiro atoms. The molecule has 0 saturated heterocycles. The lowest BCUT2D eigenvalue weighted by Crippen LogP contribution is -2.27. The number of carbonyl (C=O) groups excluding carboxylic acids is 1. The number of amides is 1. The van der Waals surface area contributed by atoms with Crippen molar-refractivity contribution in [2.45, 2.75) is 19.3 Å². The molecule has 1 aliphatic carbocycles. The van der Waals surface area contributed by atoms with Crippen LogP contribution in [0.1, 0.15) is 17.0 Å². The van der Waals surface area contributed by atoms with Crippen LogP contribution in [0.3, 0.4) is 0 Å². The van der Waals surface area contributed by atoms with Crippen LogP contribution in [0.15, 0.2) is 17.6 Å². The monoisotopic (exact) mass is 348 g/mol. The number of methoxy groups -OCH3 is 3. The van der Waals surface area contributed by atoms with Crippen molar-refractivity contribution in [1.29, 1.82) is 0 Å². The molecule has 0 bridgehead atoms. The van der Waals surface area contributed by atoms with E-state index in [1.54, 1.807) is 44.8 Å². The van der Waals surface area contributed by atoms with Crippen molar-refractivity contribution in [3.63, 3.8) is 0 Å². The number of anilines is 1. The first-order chi connectivity index (χ1) is 11.7. The molecule has 6 nitrogen and oxygen atoms in total. The third kappa shape index (κ3) is 3.17. The average molecular weight is 348 g/mol. The molecule has 128 valence electrons. The number of hydrogen-bond acceptors (Lipinski definition) is 6. The number of aryl methyl sites for hydroxylation is 1. The standard InChI is InChI=1S/C17H20N2O4S/c1-21-13-7-11(8-14(22-2)16(13)23-3)19-17(20)10-4-5-12-15(6-10)24-9-18-12/h7-10H,4-6H2,1-3H3,(H,19,20). The van der Waals surface area contributed by atoms with E-state index >= 15 is 0 Å². The number of benzene rings is 1. The van der Waals surface area contributed by atoms with E-state index in [1.807, 2.05) is 5.51 Å². The van der Waals surface area contributed by atoms with Crippen molar-refractivity contribution in [3.8, 4) is 17.2 Å². The maximum atomic E-state index is 12.6. The highest BCUT2D eigenvalue weighted by molar-refractivity contribution is 7.09. The summed E-state index contributed by atoms with van der Waals surface area (Å²) in [5, 5.41) is 2.97. The van der Waals surface area contributed by atoms with Crippen LogP contribution in [0.2, 0.25) is 0 Å². The molecule has 1 unspecified atom stereocenters. The summed E-state index contributed by atoms with van der Waals surface area (Å²) in [6, 6.07) is 3.47. The Bertz CT molecular complexity index is 719. The number of carbonyl (C=O) groups is 1. The first-order valence-electron chi connectivity index (χ1n) is 7.68. The molecule has 0 fully saturated rings. The summed E-state index contributed by atoms with van der Waals surface area (Å²) in [5.41, 5.74) is 3.62. The summed E-state index contributed by atoms with van der Waals surface area (Å²) in [7, 11) is 4.65. The predicted octanol–water partition coefficient (Wildman–Crippen LogP) is 2.91. The smallest absolute Gasteiger partial charge is 0.227 e. The predicted molar refractivity (Wildman–Crippen MR) is 92.4 cm³/mol. The lowest BCUT2D eigenvalue weighted by atomic mass is 9.90. The molecular formula is C17H20N2O4S. The van der Waals surface area contributed by atoms with Gasteiger partial charge in [-0.3, -0.25) is 4.79 Å². The molecule has 1 aliphatic rings. The number of nitrogens with one attached hydrogen (secondary N) is 1. The van der Waals surface area contributed by atoms with Crippen molar-refractivity contribution >= 4 is 22.9 Å². The molecule has 1 atom stereocenters. The quantitative estimate of drug-likeness (QED) is 0.900. The minimum atomic E-state index is -0.0444. The molecule has 0 aliphatic heterocycles. The van der Waals surface area contributed by atoms with Crippen molar-refractivity contribution in [2.24, 2.45) is 5.92 Å². The molecule has 0 saturated carbocycles. The number of thiazole rings is 1. The van der Waals surface area contributed by atoms with E-state index in [4.69, 9.17) is 14.2 Å². The van der Waals surface area contributed by atoms with Gasteiger partial charge in [0.25, 0.3) is 0 Å². The first-order valence-corrected chi connectivity index (χ1v) is 8.56. The first kappa shape index (κ1) is 16.6. The summed E-state index contributed by atoms with van der Waals surface area (Å²) in [6.45, 7) is 0. The second kappa shape index (κ2) is 7.09. The van der Waals surface area contributed by atoms with E-state index in [1.165, 1.54) is 4.88 Å². The lowest BCUT2D eigenvalue weighted by Gasteiger charge is -2.21. The minimum absolute atomic E-state index is 0.00308. The highest BCUT2D eigenvalue weighted by Crippen LogP contribution is 2.40. The fraction of sp³-hybridized carbons (Fsp3) is 0.412. The van der Waals surface area contributed by atoms with Crippen molar-refractivity contribution in [1.82, 2.24) is 4.98 Å². The highest BCUT2D eigenvalue weighted by Gasteiger charge is 2.27. The molecule has 1 aromatic carbocycles. The number of fused-ring (bicyclic) bond motifs is 1. The van der Waals surface area contributed by atoms with Gasteiger partial charge in [-0.2, -0.15) is 0 Å². The van der Waals surface area contributed by atoms with Gasteiger partial charge in [0.15, 0.2) is 11.5 Å². The Labute approximate surface area is 144 Å². The summed E-state index contributed by atoms with van der Waals surface area (Å²) in [5.74, 6) is 1.49. The Balaban J connectivity index is 1.77. The highest BCUT2D eigenvalue weighted by atomic mass is 32.1. The third-order valence-electron chi connectivity index (χ3n) is 4.19. The van der Waals surface area contributed by atoms with Crippen LogP contribution in [0, 0.1) is 5.92 Å². The van der Waals surface area contributed by atoms with E-state index in [0.717, 1.165) is 25.0 Å². The van der Waals surface area contributed by atoms with E-state index < -0.39 is 0 Å². The maximum absolute atomic E-state index is 12.6. The summed E-state index contributed by atoms with van der Waals surface area (Å²) in [6.07, 6.45) is 2.41. The van der Waals surface area contributed by atoms with Gasteiger partial charge in [-0.25, -0.2) is 4.98 Å². The van der Waals surface area contributed by atoms with Gasteiger partial charge in [0.05, 0.1) is 32.5 Å². The second-order valence-corrected chi connectivity index (χ2v) is 6.50. The zero-order chi connectivity index (χ0) is 17.1. The third-order valence-corrected chi connectivity index (χ3v) is 5.09. The molecule has 1 aromatic heterocycles. The number of rotatable bonds is 5. The minimum Gasteiger partial charge on any atom is -0.493 e. The van der Waals surface area contributed by atoms with Crippen molar-refractivity contribution in [2.75, 3.05) is 26.6 Å². The topological polar surface area (TPSA) is 69.7 Å².